The van der Waals surface area contributed by atoms with E-state index in [-0.39, 0.29) is 0 Å². The van der Waals surface area contributed by atoms with Crippen molar-refractivity contribution >= 4 is 11.6 Å². The average Bonchev–Trinajstić information content (AvgIpc) is 2.78. The Hall–Kier alpha value is -0.490. The van der Waals surface area contributed by atoms with E-state index < -0.39 is 0 Å². The standard InChI is InChI=1S/C12H13Cl/c13-8-10-7-12(10)6-5-9-3-1-2-4-11(9)12/h1-4,10H,5-8H2. The summed E-state index contributed by atoms with van der Waals surface area (Å²) in [6.07, 6.45) is 3.93. The molecule has 13 heavy (non-hydrogen) atoms. The lowest BCUT2D eigenvalue weighted by Crippen LogP contribution is -2.05. The SMILES string of the molecule is ClCC1CC12CCc1ccccc12. The van der Waals surface area contributed by atoms with Gasteiger partial charge >= 0.3 is 0 Å². The summed E-state index contributed by atoms with van der Waals surface area (Å²) in [7, 11) is 0. The molecule has 1 fully saturated rings. The summed E-state index contributed by atoms with van der Waals surface area (Å²) in [4.78, 5) is 0. The van der Waals surface area contributed by atoms with Crippen molar-refractivity contribution in [3.63, 3.8) is 0 Å². The molecule has 0 N–H and O–H groups in total. The van der Waals surface area contributed by atoms with Crippen LogP contribution in [0.2, 0.25) is 0 Å². The van der Waals surface area contributed by atoms with Crippen LogP contribution in [0.1, 0.15) is 24.0 Å². The van der Waals surface area contributed by atoms with Crippen molar-refractivity contribution in [1.82, 2.24) is 0 Å². The molecule has 3 rings (SSSR count). The lowest BCUT2D eigenvalue weighted by molar-refractivity contribution is 0.625. The molecule has 1 aromatic rings. The number of aryl methyl sites for hydroxylation is 1. The molecule has 2 atom stereocenters. The molecule has 0 radical (unpaired) electrons. The van der Waals surface area contributed by atoms with Gasteiger partial charge in [-0.15, -0.1) is 11.6 Å². The summed E-state index contributed by atoms with van der Waals surface area (Å²) in [6.45, 7) is 0. The van der Waals surface area contributed by atoms with Gasteiger partial charge in [-0.05, 0) is 36.3 Å². The zero-order chi connectivity index (χ0) is 8.89. The molecule has 68 valence electrons. The first-order chi connectivity index (χ1) is 6.37. The second-order valence-electron chi connectivity index (χ2n) is 4.37. The highest BCUT2D eigenvalue weighted by Gasteiger charge is 2.56. The highest BCUT2D eigenvalue weighted by Crippen LogP contribution is 2.61. The zero-order valence-electron chi connectivity index (χ0n) is 7.59. The van der Waals surface area contributed by atoms with Crippen LogP contribution in [0.4, 0.5) is 0 Å². The molecule has 1 saturated carbocycles. The molecule has 2 aliphatic carbocycles. The fourth-order valence-electron chi connectivity index (χ4n) is 2.94. The van der Waals surface area contributed by atoms with E-state index in [1.807, 2.05) is 0 Å². The Bertz CT molecular complexity index is 345. The number of rotatable bonds is 1. The van der Waals surface area contributed by atoms with Crippen molar-refractivity contribution in [2.75, 3.05) is 5.88 Å². The molecule has 2 unspecified atom stereocenters. The van der Waals surface area contributed by atoms with E-state index in [0.29, 0.717) is 5.41 Å². The Morgan fingerprint density at radius 1 is 1.38 bits per heavy atom. The maximum atomic E-state index is 5.93. The van der Waals surface area contributed by atoms with Crippen LogP contribution in [-0.2, 0) is 11.8 Å². The molecule has 0 amide bonds. The van der Waals surface area contributed by atoms with E-state index in [0.717, 1.165) is 11.8 Å². The molecule has 0 heterocycles. The minimum atomic E-state index is 0.512. The molecule has 2 aliphatic rings. The Balaban J connectivity index is 2.05. The van der Waals surface area contributed by atoms with E-state index >= 15 is 0 Å². The molecule has 1 heteroatoms. The monoisotopic (exact) mass is 192 g/mol. The summed E-state index contributed by atoms with van der Waals surface area (Å²) in [5.74, 6) is 1.60. The van der Waals surface area contributed by atoms with Crippen LogP contribution < -0.4 is 0 Å². The van der Waals surface area contributed by atoms with Crippen LogP contribution >= 0.6 is 11.6 Å². The fraction of sp³-hybridized carbons (Fsp3) is 0.500. The van der Waals surface area contributed by atoms with Crippen molar-refractivity contribution in [2.45, 2.75) is 24.7 Å². The van der Waals surface area contributed by atoms with Gasteiger partial charge < -0.3 is 0 Å². The second kappa shape index (κ2) is 2.51. The summed E-state index contributed by atoms with van der Waals surface area (Å²) in [5.41, 5.74) is 3.67. The second-order valence-corrected chi connectivity index (χ2v) is 4.68. The first-order valence-electron chi connectivity index (χ1n) is 5.01. The Morgan fingerprint density at radius 3 is 3.00 bits per heavy atom. The van der Waals surface area contributed by atoms with Gasteiger partial charge in [0.05, 0.1) is 0 Å². The molecule has 0 bridgehead atoms. The lowest BCUT2D eigenvalue weighted by Gasteiger charge is -2.09. The summed E-state index contributed by atoms with van der Waals surface area (Å²) >= 11 is 5.93. The topological polar surface area (TPSA) is 0 Å². The van der Waals surface area contributed by atoms with Gasteiger partial charge in [0.25, 0.3) is 0 Å². The van der Waals surface area contributed by atoms with Crippen molar-refractivity contribution in [3.8, 4) is 0 Å². The number of hydrogen-bond donors (Lipinski definition) is 0. The van der Waals surface area contributed by atoms with Crippen molar-refractivity contribution in [1.29, 1.82) is 0 Å². The van der Waals surface area contributed by atoms with E-state index in [4.69, 9.17) is 11.6 Å². The zero-order valence-corrected chi connectivity index (χ0v) is 8.35. The predicted molar refractivity (Wildman–Crippen MR) is 55.3 cm³/mol. The Labute approximate surface area is 83.9 Å². The van der Waals surface area contributed by atoms with E-state index in [1.54, 1.807) is 11.1 Å². The Kier molecular flexibility index (Phi) is 1.52. The highest BCUT2D eigenvalue weighted by atomic mass is 35.5. The normalized spacial score (nSPS) is 35.0. The molecule has 0 saturated heterocycles. The van der Waals surface area contributed by atoms with Gasteiger partial charge in [-0.1, -0.05) is 24.3 Å². The number of hydrogen-bond acceptors (Lipinski definition) is 0. The van der Waals surface area contributed by atoms with Gasteiger partial charge in [0.15, 0.2) is 0 Å². The van der Waals surface area contributed by atoms with Crippen molar-refractivity contribution in [3.05, 3.63) is 35.4 Å². The van der Waals surface area contributed by atoms with Crippen molar-refractivity contribution in [2.24, 2.45) is 5.92 Å². The average molecular weight is 193 g/mol. The maximum Gasteiger partial charge on any atom is 0.0260 e. The number of benzene rings is 1. The summed E-state index contributed by atoms with van der Waals surface area (Å²) in [5, 5.41) is 0. The van der Waals surface area contributed by atoms with Crippen LogP contribution in [0, 0.1) is 5.92 Å². The van der Waals surface area contributed by atoms with Crippen LogP contribution in [-0.4, -0.2) is 5.88 Å². The van der Waals surface area contributed by atoms with Gasteiger partial charge in [-0.2, -0.15) is 0 Å². The minimum Gasteiger partial charge on any atom is -0.126 e. The third kappa shape index (κ3) is 0.927. The smallest absolute Gasteiger partial charge is 0.0260 e. The molecular weight excluding hydrogens is 180 g/mol. The molecule has 0 aromatic heterocycles. The van der Waals surface area contributed by atoms with Crippen LogP contribution in [0.3, 0.4) is 0 Å². The van der Waals surface area contributed by atoms with Gasteiger partial charge in [-0.25, -0.2) is 0 Å². The van der Waals surface area contributed by atoms with Gasteiger partial charge in [-0.3, -0.25) is 0 Å². The van der Waals surface area contributed by atoms with E-state index in [9.17, 15) is 0 Å². The Morgan fingerprint density at radius 2 is 2.23 bits per heavy atom. The van der Waals surface area contributed by atoms with Crippen LogP contribution in [0.5, 0.6) is 0 Å². The summed E-state index contributed by atoms with van der Waals surface area (Å²) in [6, 6.07) is 8.88. The first kappa shape index (κ1) is 7.87. The third-order valence-electron chi connectivity index (χ3n) is 3.81. The number of alkyl halides is 1. The largest absolute Gasteiger partial charge is 0.126 e. The van der Waals surface area contributed by atoms with E-state index in [2.05, 4.69) is 24.3 Å². The first-order valence-corrected chi connectivity index (χ1v) is 5.54. The quantitative estimate of drug-likeness (QED) is 0.600. The summed E-state index contributed by atoms with van der Waals surface area (Å²) < 4.78 is 0. The van der Waals surface area contributed by atoms with Gasteiger partial charge in [0.2, 0.25) is 0 Å². The maximum absolute atomic E-state index is 5.93. The van der Waals surface area contributed by atoms with Gasteiger partial charge in [0, 0.05) is 11.3 Å². The van der Waals surface area contributed by atoms with Gasteiger partial charge in [0.1, 0.15) is 0 Å². The number of fused-ring (bicyclic) bond motifs is 2. The molecule has 1 aromatic carbocycles. The van der Waals surface area contributed by atoms with E-state index in [1.165, 1.54) is 19.3 Å². The van der Waals surface area contributed by atoms with Crippen LogP contribution in [0.15, 0.2) is 24.3 Å². The molecule has 0 nitrogen and oxygen atoms in total. The minimum absolute atomic E-state index is 0.512. The number of halogens is 1. The highest BCUT2D eigenvalue weighted by molar-refractivity contribution is 6.18. The van der Waals surface area contributed by atoms with Crippen molar-refractivity contribution < 1.29 is 0 Å². The molecule has 1 spiro atoms. The third-order valence-corrected chi connectivity index (χ3v) is 4.18. The van der Waals surface area contributed by atoms with Crippen LogP contribution in [0.25, 0.3) is 0 Å². The fourth-order valence-corrected chi connectivity index (χ4v) is 3.34. The predicted octanol–water partition coefficient (Wildman–Crippen LogP) is 3.13. The lowest BCUT2D eigenvalue weighted by atomic mass is 9.96. The molecule has 0 aliphatic heterocycles. The molecular formula is C12H13Cl.